The molecule has 4 N–H and O–H groups in total. The number of anilines is 1. The third-order valence-corrected chi connectivity index (χ3v) is 6.32. The SMILES string of the molecule is COc1ccc([N+](=O)[O-])c([C@@H](OCc2cn([C@H]3CC(O)[C@@H](CO)O3)c3ncnc(N)c23)C(C)(C)C)c1. The largest absolute Gasteiger partial charge is 0.497 e. The van der Waals surface area contributed by atoms with Gasteiger partial charge in [-0.2, -0.15) is 0 Å². The minimum atomic E-state index is -0.824. The van der Waals surface area contributed by atoms with E-state index in [4.69, 9.17) is 19.9 Å². The fraction of sp³-hybridized carbons (Fsp3) is 0.500. The molecule has 12 heteroatoms. The topological polar surface area (TPSA) is 168 Å². The molecular weight excluding hydrogens is 470 g/mol. The minimum Gasteiger partial charge on any atom is -0.497 e. The van der Waals surface area contributed by atoms with Crippen molar-refractivity contribution < 1.29 is 29.3 Å². The predicted octanol–water partition coefficient (Wildman–Crippen LogP) is 2.88. The number of nitrogens with two attached hydrogens (primary N) is 1. The van der Waals surface area contributed by atoms with E-state index in [1.165, 1.54) is 19.5 Å². The number of hydrogen-bond donors (Lipinski definition) is 3. The van der Waals surface area contributed by atoms with Crippen molar-refractivity contribution in [3.63, 3.8) is 0 Å². The fourth-order valence-electron chi connectivity index (χ4n) is 4.58. The monoisotopic (exact) mass is 501 g/mol. The van der Waals surface area contributed by atoms with Crippen LogP contribution >= 0.6 is 0 Å². The predicted molar refractivity (Wildman–Crippen MR) is 130 cm³/mol. The molecule has 194 valence electrons. The first kappa shape index (κ1) is 25.8. The number of nitrogen functional groups attached to an aromatic ring is 1. The zero-order valence-corrected chi connectivity index (χ0v) is 20.6. The Morgan fingerprint density at radius 2 is 2.11 bits per heavy atom. The van der Waals surface area contributed by atoms with E-state index in [0.717, 1.165) is 0 Å². The normalized spacial score (nSPS) is 21.1. The van der Waals surface area contributed by atoms with E-state index >= 15 is 0 Å². The van der Waals surface area contributed by atoms with Gasteiger partial charge in [-0.25, -0.2) is 9.97 Å². The van der Waals surface area contributed by atoms with E-state index in [9.17, 15) is 20.3 Å². The van der Waals surface area contributed by atoms with Gasteiger partial charge < -0.3 is 34.7 Å². The van der Waals surface area contributed by atoms with E-state index in [1.807, 2.05) is 20.8 Å². The van der Waals surface area contributed by atoms with E-state index in [0.29, 0.717) is 27.9 Å². The summed E-state index contributed by atoms with van der Waals surface area (Å²) in [5.41, 5.74) is 7.18. The number of benzene rings is 1. The van der Waals surface area contributed by atoms with E-state index in [2.05, 4.69) is 9.97 Å². The van der Waals surface area contributed by atoms with Crippen molar-refractivity contribution in [1.82, 2.24) is 14.5 Å². The molecule has 12 nitrogen and oxygen atoms in total. The molecule has 1 aliphatic rings. The van der Waals surface area contributed by atoms with Crippen LogP contribution in [-0.4, -0.2) is 55.6 Å². The standard InChI is InChI=1S/C24H31N5O7/c1-24(2,3)21(15-7-14(34-4)5-6-16(15)29(32)33)35-11-13-9-28(19-8-17(31)18(10-30)36-19)23-20(13)22(25)26-12-27-23/h5-7,9,12,17-19,21,30-31H,8,10-11H2,1-4H3,(H2,25,26,27)/t17?,18-,19-,21-/m1/s1. The molecule has 1 aromatic carbocycles. The van der Waals surface area contributed by atoms with Crippen molar-refractivity contribution >= 4 is 22.5 Å². The first-order valence-corrected chi connectivity index (χ1v) is 11.5. The lowest BCUT2D eigenvalue weighted by molar-refractivity contribution is -0.386. The Hall–Kier alpha value is -3.32. The second-order valence-electron chi connectivity index (χ2n) is 9.87. The second kappa shape index (κ2) is 9.97. The fourth-order valence-corrected chi connectivity index (χ4v) is 4.58. The molecule has 1 saturated heterocycles. The quantitative estimate of drug-likeness (QED) is 0.308. The summed E-state index contributed by atoms with van der Waals surface area (Å²) in [4.78, 5) is 19.8. The first-order valence-electron chi connectivity index (χ1n) is 11.5. The van der Waals surface area contributed by atoms with Crippen LogP contribution in [0, 0.1) is 15.5 Å². The molecule has 36 heavy (non-hydrogen) atoms. The van der Waals surface area contributed by atoms with Crippen LogP contribution in [0.3, 0.4) is 0 Å². The lowest BCUT2D eigenvalue weighted by Gasteiger charge is -2.31. The zero-order chi connectivity index (χ0) is 26.2. The molecule has 1 fully saturated rings. The average molecular weight is 502 g/mol. The van der Waals surface area contributed by atoms with Gasteiger partial charge in [-0.3, -0.25) is 10.1 Å². The highest BCUT2D eigenvalue weighted by Crippen LogP contribution is 2.43. The molecule has 4 rings (SSSR count). The van der Waals surface area contributed by atoms with Gasteiger partial charge in [0.2, 0.25) is 0 Å². The van der Waals surface area contributed by atoms with Crippen LogP contribution in [0.5, 0.6) is 5.75 Å². The van der Waals surface area contributed by atoms with Crippen molar-refractivity contribution in [2.75, 3.05) is 19.5 Å². The van der Waals surface area contributed by atoms with Gasteiger partial charge in [0.1, 0.15) is 35.9 Å². The number of fused-ring (bicyclic) bond motifs is 1. The Bertz CT molecular complexity index is 1260. The van der Waals surface area contributed by atoms with Crippen molar-refractivity contribution in [3.05, 3.63) is 52.0 Å². The smallest absolute Gasteiger partial charge is 0.275 e. The zero-order valence-electron chi connectivity index (χ0n) is 20.6. The Morgan fingerprint density at radius 1 is 1.36 bits per heavy atom. The molecule has 0 amide bonds. The Balaban J connectivity index is 1.72. The summed E-state index contributed by atoms with van der Waals surface area (Å²) in [5.74, 6) is 0.729. The highest BCUT2D eigenvalue weighted by atomic mass is 16.6. The average Bonchev–Trinajstić information content (AvgIpc) is 3.38. The number of hydrogen-bond acceptors (Lipinski definition) is 10. The third-order valence-electron chi connectivity index (χ3n) is 6.32. The van der Waals surface area contributed by atoms with Crippen LogP contribution in [-0.2, 0) is 16.1 Å². The summed E-state index contributed by atoms with van der Waals surface area (Å²) in [6.07, 6.45) is 0.610. The van der Waals surface area contributed by atoms with Crippen LogP contribution in [0.2, 0.25) is 0 Å². The highest BCUT2D eigenvalue weighted by molar-refractivity contribution is 5.89. The molecule has 2 aromatic heterocycles. The lowest BCUT2D eigenvalue weighted by Crippen LogP contribution is -2.24. The van der Waals surface area contributed by atoms with Gasteiger partial charge in [-0.15, -0.1) is 0 Å². The maximum atomic E-state index is 11.8. The molecule has 1 unspecified atom stereocenters. The van der Waals surface area contributed by atoms with Gasteiger partial charge in [0.15, 0.2) is 0 Å². The van der Waals surface area contributed by atoms with Gasteiger partial charge >= 0.3 is 0 Å². The summed E-state index contributed by atoms with van der Waals surface area (Å²) in [6, 6.07) is 4.58. The summed E-state index contributed by atoms with van der Waals surface area (Å²) >= 11 is 0. The Labute approximate surface area is 207 Å². The molecule has 0 spiro atoms. The summed E-state index contributed by atoms with van der Waals surface area (Å²) in [6.45, 7) is 5.55. The maximum absolute atomic E-state index is 11.8. The molecule has 3 aromatic rings. The van der Waals surface area contributed by atoms with Crippen LogP contribution in [0.25, 0.3) is 11.0 Å². The third kappa shape index (κ3) is 4.85. The molecule has 0 saturated carbocycles. The van der Waals surface area contributed by atoms with Gasteiger partial charge in [-0.1, -0.05) is 20.8 Å². The maximum Gasteiger partial charge on any atom is 0.275 e. The van der Waals surface area contributed by atoms with Gasteiger partial charge in [-0.05, 0) is 17.5 Å². The second-order valence-corrected chi connectivity index (χ2v) is 9.87. The van der Waals surface area contributed by atoms with Crippen molar-refractivity contribution in [3.8, 4) is 5.75 Å². The number of methoxy groups -OCH3 is 1. The van der Waals surface area contributed by atoms with E-state index in [1.54, 1.807) is 22.9 Å². The molecule has 0 aliphatic carbocycles. The van der Waals surface area contributed by atoms with Crippen LogP contribution in [0.4, 0.5) is 11.5 Å². The number of aromatic nitrogens is 3. The van der Waals surface area contributed by atoms with E-state index in [-0.39, 0.29) is 31.1 Å². The number of nitro groups is 1. The number of aliphatic hydroxyl groups is 2. The van der Waals surface area contributed by atoms with Gasteiger partial charge in [0.25, 0.3) is 5.69 Å². The van der Waals surface area contributed by atoms with Crippen molar-refractivity contribution in [2.24, 2.45) is 5.41 Å². The Morgan fingerprint density at radius 3 is 2.72 bits per heavy atom. The van der Waals surface area contributed by atoms with Crippen molar-refractivity contribution in [1.29, 1.82) is 0 Å². The molecule has 4 atom stereocenters. The van der Waals surface area contributed by atoms with Crippen LogP contribution < -0.4 is 10.5 Å². The summed E-state index contributed by atoms with van der Waals surface area (Å²) < 4.78 is 19.2. The Kier molecular flexibility index (Phi) is 7.14. The van der Waals surface area contributed by atoms with Gasteiger partial charge in [0, 0.05) is 24.2 Å². The lowest BCUT2D eigenvalue weighted by atomic mass is 9.83. The minimum absolute atomic E-state index is 0.0517. The number of nitro benzene ring substituents is 1. The highest BCUT2D eigenvalue weighted by Gasteiger charge is 2.37. The number of aliphatic hydroxyl groups excluding tert-OH is 2. The summed E-state index contributed by atoms with van der Waals surface area (Å²) in [5, 5.41) is 32.1. The summed E-state index contributed by atoms with van der Waals surface area (Å²) in [7, 11) is 1.50. The number of nitrogens with zero attached hydrogens (tertiary/aromatic N) is 4. The van der Waals surface area contributed by atoms with Crippen LogP contribution in [0.1, 0.15) is 50.7 Å². The van der Waals surface area contributed by atoms with Crippen LogP contribution in [0.15, 0.2) is 30.7 Å². The van der Waals surface area contributed by atoms with E-state index < -0.39 is 34.9 Å². The molecule has 1 aliphatic heterocycles. The van der Waals surface area contributed by atoms with Gasteiger partial charge in [0.05, 0.1) is 48.4 Å². The first-order chi connectivity index (χ1) is 17.0. The van der Waals surface area contributed by atoms with Crippen molar-refractivity contribution in [2.45, 2.75) is 58.3 Å². The molecule has 0 radical (unpaired) electrons. The number of ether oxygens (including phenoxy) is 3. The molecular formula is C24H31N5O7. The molecule has 3 heterocycles. The number of rotatable bonds is 8. The molecule has 0 bridgehead atoms.